The van der Waals surface area contributed by atoms with Crippen LogP contribution in [0.4, 0.5) is 5.69 Å². The maximum absolute atomic E-state index is 12.9. The molecule has 0 aromatic heterocycles. The number of para-hydroxylation sites is 1. The summed E-state index contributed by atoms with van der Waals surface area (Å²) in [5.41, 5.74) is 6.23. The summed E-state index contributed by atoms with van der Waals surface area (Å²) in [4.78, 5) is 25.4. The highest BCUT2D eigenvalue weighted by atomic mass is 79.9. The predicted octanol–water partition coefficient (Wildman–Crippen LogP) is 3.06. The summed E-state index contributed by atoms with van der Waals surface area (Å²) < 4.78 is 1.01. The Labute approximate surface area is 177 Å². The van der Waals surface area contributed by atoms with Crippen molar-refractivity contribution in [2.75, 3.05) is 11.9 Å². The Morgan fingerprint density at radius 3 is 2.76 bits per heavy atom. The predicted molar refractivity (Wildman–Crippen MR) is 115 cm³/mol. The summed E-state index contributed by atoms with van der Waals surface area (Å²) >= 11 is 3.44. The number of aryl methyl sites for hydroxylation is 1. The fraction of sp³-hybridized carbons (Fsp3) is 0.286. The van der Waals surface area contributed by atoms with E-state index in [1.54, 1.807) is 11.3 Å². The molecule has 4 rings (SSSR count). The number of anilines is 1. The van der Waals surface area contributed by atoms with Gasteiger partial charge >= 0.3 is 0 Å². The summed E-state index contributed by atoms with van der Waals surface area (Å²) in [6.07, 6.45) is 3.01. The first-order chi connectivity index (χ1) is 14.0. The minimum Gasteiger partial charge on any atom is -0.324 e. The summed E-state index contributed by atoms with van der Waals surface area (Å²) in [6, 6.07) is 15.3. The van der Waals surface area contributed by atoms with Crippen molar-refractivity contribution in [3.05, 3.63) is 64.1 Å². The van der Waals surface area contributed by atoms with Gasteiger partial charge < -0.3 is 5.32 Å². The molecule has 2 aromatic rings. The standard InChI is InChI=1S/C21H22BrN5O2/c1-2-14-5-3-4-6-17(14)24-20(28)12-26-21(29)19-11-18(25-27(19)13-23-26)15-7-9-16(22)10-8-15/h3-10,13,18-19,25H,2,11-12H2,1H3,(H,24,28). The van der Waals surface area contributed by atoms with E-state index in [1.807, 2.05) is 55.5 Å². The van der Waals surface area contributed by atoms with Gasteiger partial charge in [-0.3, -0.25) is 14.6 Å². The second-order valence-corrected chi connectivity index (χ2v) is 7.99. The summed E-state index contributed by atoms with van der Waals surface area (Å²) in [5, 5.41) is 10.0. The van der Waals surface area contributed by atoms with E-state index >= 15 is 0 Å². The van der Waals surface area contributed by atoms with Crippen LogP contribution in [0.5, 0.6) is 0 Å². The molecule has 150 valence electrons. The Balaban J connectivity index is 1.40. The zero-order valence-electron chi connectivity index (χ0n) is 16.0. The van der Waals surface area contributed by atoms with E-state index in [2.05, 4.69) is 31.8 Å². The molecule has 2 heterocycles. The average molecular weight is 456 g/mol. The van der Waals surface area contributed by atoms with Crippen LogP contribution in [0.1, 0.15) is 30.5 Å². The van der Waals surface area contributed by atoms with Gasteiger partial charge in [0.05, 0.1) is 6.04 Å². The zero-order chi connectivity index (χ0) is 20.4. The first-order valence-electron chi connectivity index (χ1n) is 9.58. The Morgan fingerprint density at radius 2 is 2.00 bits per heavy atom. The largest absolute Gasteiger partial charge is 0.324 e. The summed E-state index contributed by atoms with van der Waals surface area (Å²) in [6.45, 7) is 1.92. The van der Waals surface area contributed by atoms with Gasteiger partial charge in [-0.05, 0) is 42.2 Å². The monoisotopic (exact) mass is 455 g/mol. The van der Waals surface area contributed by atoms with Crippen molar-refractivity contribution in [2.45, 2.75) is 31.8 Å². The van der Waals surface area contributed by atoms with E-state index in [4.69, 9.17) is 0 Å². The molecule has 2 N–H and O–H groups in total. The smallest absolute Gasteiger partial charge is 0.267 e. The molecule has 0 bridgehead atoms. The lowest BCUT2D eigenvalue weighted by Gasteiger charge is -2.29. The highest BCUT2D eigenvalue weighted by molar-refractivity contribution is 9.10. The van der Waals surface area contributed by atoms with E-state index in [0.717, 1.165) is 27.7 Å². The van der Waals surface area contributed by atoms with Crippen molar-refractivity contribution in [1.29, 1.82) is 0 Å². The average Bonchev–Trinajstić information content (AvgIpc) is 3.16. The van der Waals surface area contributed by atoms with Crippen LogP contribution < -0.4 is 10.7 Å². The van der Waals surface area contributed by atoms with Crippen molar-refractivity contribution < 1.29 is 9.59 Å². The van der Waals surface area contributed by atoms with Gasteiger partial charge in [-0.15, -0.1) is 0 Å². The summed E-state index contributed by atoms with van der Waals surface area (Å²) in [7, 11) is 0. The Hall–Kier alpha value is -2.71. The molecule has 2 atom stereocenters. The highest BCUT2D eigenvalue weighted by Gasteiger charge is 2.41. The van der Waals surface area contributed by atoms with Crippen LogP contribution in [0.25, 0.3) is 0 Å². The molecular weight excluding hydrogens is 434 g/mol. The number of rotatable bonds is 5. The minimum absolute atomic E-state index is 0.0220. The van der Waals surface area contributed by atoms with Gasteiger partial charge in [0.15, 0.2) is 0 Å². The molecule has 2 unspecified atom stereocenters. The first-order valence-corrected chi connectivity index (χ1v) is 10.4. The quantitative estimate of drug-likeness (QED) is 0.726. The number of halogens is 1. The molecule has 1 saturated heterocycles. The Morgan fingerprint density at radius 1 is 1.24 bits per heavy atom. The molecule has 8 heteroatoms. The summed E-state index contributed by atoms with van der Waals surface area (Å²) in [5.74, 6) is -0.446. The second kappa shape index (κ2) is 8.34. The Bertz CT molecular complexity index is 946. The van der Waals surface area contributed by atoms with Gasteiger partial charge in [-0.1, -0.05) is 53.2 Å². The topological polar surface area (TPSA) is 77.0 Å². The van der Waals surface area contributed by atoms with Crippen LogP contribution in [0, 0.1) is 0 Å². The van der Waals surface area contributed by atoms with E-state index in [0.29, 0.717) is 6.42 Å². The molecule has 2 aliphatic rings. The molecule has 0 radical (unpaired) electrons. The van der Waals surface area contributed by atoms with Gasteiger partial charge in [-0.2, -0.15) is 5.10 Å². The number of hydrazine groups is 1. The van der Waals surface area contributed by atoms with Crippen molar-refractivity contribution >= 4 is 39.8 Å². The van der Waals surface area contributed by atoms with Crippen molar-refractivity contribution in [3.8, 4) is 0 Å². The zero-order valence-corrected chi connectivity index (χ0v) is 17.6. The van der Waals surface area contributed by atoms with Gasteiger partial charge in [0.2, 0.25) is 5.91 Å². The lowest BCUT2D eigenvalue weighted by atomic mass is 10.0. The van der Waals surface area contributed by atoms with Gasteiger partial charge in [-0.25, -0.2) is 10.4 Å². The number of fused-ring (bicyclic) bond motifs is 1. The number of nitrogens with zero attached hydrogens (tertiary/aromatic N) is 3. The maximum atomic E-state index is 12.9. The number of benzene rings is 2. The number of amides is 2. The molecule has 2 amide bonds. The number of hydrazone groups is 1. The third-order valence-electron chi connectivity index (χ3n) is 5.19. The fourth-order valence-corrected chi connectivity index (χ4v) is 3.91. The fourth-order valence-electron chi connectivity index (χ4n) is 3.64. The van der Waals surface area contributed by atoms with Crippen LogP contribution in [-0.2, 0) is 16.0 Å². The second-order valence-electron chi connectivity index (χ2n) is 7.08. The molecule has 1 fully saturated rings. The van der Waals surface area contributed by atoms with Crippen LogP contribution >= 0.6 is 15.9 Å². The molecule has 29 heavy (non-hydrogen) atoms. The van der Waals surface area contributed by atoms with Crippen LogP contribution in [0.15, 0.2) is 58.1 Å². The third kappa shape index (κ3) is 4.18. The molecule has 0 spiro atoms. The molecule has 2 aromatic carbocycles. The molecule has 0 aliphatic carbocycles. The van der Waals surface area contributed by atoms with Crippen LogP contribution in [0.2, 0.25) is 0 Å². The molecule has 7 nitrogen and oxygen atoms in total. The number of nitrogens with one attached hydrogen (secondary N) is 2. The number of hydrogen-bond donors (Lipinski definition) is 2. The van der Waals surface area contributed by atoms with E-state index in [-0.39, 0.29) is 30.4 Å². The number of hydrogen-bond acceptors (Lipinski definition) is 5. The normalized spacial score (nSPS) is 20.7. The molecule has 2 aliphatic heterocycles. The third-order valence-corrected chi connectivity index (χ3v) is 5.72. The number of carbonyl (C=O) groups is 2. The Kier molecular flexibility index (Phi) is 5.64. The number of carbonyl (C=O) groups excluding carboxylic acids is 2. The maximum Gasteiger partial charge on any atom is 0.267 e. The van der Waals surface area contributed by atoms with Crippen molar-refractivity contribution in [3.63, 3.8) is 0 Å². The molecule has 0 saturated carbocycles. The van der Waals surface area contributed by atoms with Crippen molar-refractivity contribution in [2.24, 2.45) is 5.10 Å². The van der Waals surface area contributed by atoms with Gasteiger partial charge in [0.25, 0.3) is 5.91 Å². The van der Waals surface area contributed by atoms with Crippen molar-refractivity contribution in [1.82, 2.24) is 15.4 Å². The van der Waals surface area contributed by atoms with Crippen LogP contribution in [0.3, 0.4) is 0 Å². The SMILES string of the molecule is CCc1ccccc1NC(=O)CN1N=CN2NC(c3ccc(Br)cc3)CC2C1=O. The first kappa shape index (κ1) is 19.6. The molecular formula is C21H22BrN5O2. The lowest BCUT2D eigenvalue weighted by molar-refractivity contribution is -0.139. The van der Waals surface area contributed by atoms with Crippen LogP contribution in [-0.4, -0.2) is 40.8 Å². The van der Waals surface area contributed by atoms with E-state index in [9.17, 15) is 9.59 Å². The lowest BCUT2D eigenvalue weighted by Crippen LogP contribution is -2.52. The van der Waals surface area contributed by atoms with E-state index < -0.39 is 0 Å². The minimum atomic E-state index is -0.378. The van der Waals surface area contributed by atoms with Gasteiger partial charge in [0, 0.05) is 10.2 Å². The van der Waals surface area contributed by atoms with Gasteiger partial charge in [0.1, 0.15) is 18.9 Å². The highest BCUT2D eigenvalue weighted by Crippen LogP contribution is 2.30. The van der Waals surface area contributed by atoms with E-state index in [1.165, 1.54) is 5.01 Å².